The van der Waals surface area contributed by atoms with Crippen LogP contribution in [0.1, 0.15) is 50.7 Å². The first-order valence-electron chi connectivity index (χ1n) is 6.47. The quantitative estimate of drug-likeness (QED) is 0.685. The molecule has 1 atom stereocenters. The van der Waals surface area contributed by atoms with Gasteiger partial charge >= 0.3 is 0 Å². The number of hydrogen-bond acceptors (Lipinski definition) is 1. The van der Waals surface area contributed by atoms with E-state index in [0.717, 1.165) is 0 Å². The Morgan fingerprint density at radius 1 is 1.12 bits per heavy atom. The van der Waals surface area contributed by atoms with Crippen molar-refractivity contribution in [3.63, 3.8) is 0 Å². The summed E-state index contributed by atoms with van der Waals surface area (Å²) in [5, 5.41) is 3.57. The molecule has 0 amide bonds. The van der Waals surface area contributed by atoms with Crippen LogP contribution in [0.2, 0.25) is 0 Å². The van der Waals surface area contributed by atoms with E-state index < -0.39 is 0 Å². The van der Waals surface area contributed by atoms with Gasteiger partial charge in [0.1, 0.15) is 0 Å². The molecule has 1 heteroatoms. The minimum atomic E-state index is 0.577. The average Bonchev–Trinajstić information content (AvgIpc) is 2.24. The minimum absolute atomic E-state index is 0.577. The van der Waals surface area contributed by atoms with Gasteiger partial charge in [-0.1, -0.05) is 32.3 Å². The van der Waals surface area contributed by atoms with Crippen LogP contribution >= 0.6 is 0 Å². The molecule has 1 rings (SSSR count). The Labute approximate surface area is 100 Å². The highest BCUT2D eigenvalue weighted by atomic mass is 14.9. The van der Waals surface area contributed by atoms with E-state index in [1.165, 1.54) is 42.5 Å². The Balaban J connectivity index is 2.43. The van der Waals surface area contributed by atoms with Gasteiger partial charge in [0.25, 0.3) is 0 Å². The molecule has 0 saturated carbocycles. The van der Waals surface area contributed by atoms with E-state index in [1.54, 1.807) is 0 Å². The Morgan fingerprint density at radius 2 is 1.88 bits per heavy atom. The highest BCUT2D eigenvalue weighted by molar-refractivity contribution is 5.48. The molecule has 1 nitrogen and oxygen atoms in total. The van der Waals surface area contributed by atoms with Gasteiger partial charge in [0.2, 0.25) is 0 Å². The molecular weight excluding hydrogens is 194 g/mol. The van der Waals surface area contributed by atoms with Gasteiger partial charge in [0, 0.05) is 11.7 Å². The second-order valence-corrected chi connectivity index (χ2v) is 4.84. The molecule has 0 fully saturated rings. The Morgan fingerprint density at radius 3 is 2.50 bits per heavy atom. The molecule has 1 aromatic carbocycles. The summed E-state index contributed by atoms with van der Waals surface area (Å²) in [5.74, 6) is 0. The summed E-state index contributed by atoms with van der Waals surface area (Å²) in [7, 11) is 0. The van der Waals surface area contributed by atoms with Gasteiger partial charge in [-0.3, -0.25) is 0 Å². The van der Waals surface area contributed by atoms with E-state index in [9.17, 15) is 0 Å². The third-order valence-corrected chi connectivity index (χ3v) is 3.16. The van der Waals surface area contributed by atoms with E-state index in [2.05, 4.69) is 51.2 Å². The van der Waals surface area contributed by atoms with Gasteiger partial charge in [-0.2, -0.15) is 0 Å². The summed E-state index contributed by atoms with van der Waals surface area (Å²) in [6.07, 6.45) is 5.24. The zero-order chi connectivity index (χ0) is 12.0. The van der Waals surface area contributed by atoms with Crippen molar-refractivity contribution in [3.05, 3.63) is 29.3 Å². The van der Waals surface area contributed by atoms with Crippen molar-refractivity contribution in [2.75, 3.05) is 5.32 Å². The highest BCUT2D eigenvalue weighted by Gasteiger charge is 2.02. The second-order valence-electron chi connectivity index (χ2n) is 4.84. The number of hydrogen-bond donors (Lipinski definition) is 1. The Bertz CT molecular complexity index is 317. The van der Waals surface area contributed by atoms with Gasteiger partial charge in [-0.15, -0.1) is 0 Å². The van der Waals surface area contributed by atoms with Gasteiger partial charge in [-0.25, -0.2) is 0 Å². The van der Waals surface area contributed by atoms with Crippen LogP contribution in [0.25, 0.3) is 0 Å². The topological polar surface area (TPSA) is 12.0 Å². The smallest absolute Gasteiger partial charge is 0.0345 e. The molecule has 0 spiro atoms. The van der Waals surface area contributed by atoms with Crippen LogP contribution in [-0.4, -0.2) is 6.04 Å². The highest BCUT2D eigenvalue weighted by Crippen LogP contribution is 2.16. The molecule has 1 unspecified atom stereocenters. The minimum Gasteiger partial charge on any atom is -0.383 e. The molecule has 0 bridgehead atoms. The van der Waals surface area contributed by atoms with Gasteiger partial charge in [0.15, 0.2) is 0 Å². The summed E-state index contributed by atoms with van der Waals surface area (Å²) >= 11 is 0. The van der Waals surface area contributed by atoms with E-state index in [-0.39, 0.29) is 0 Å². The molecule has 0 saturated heterocycles. The second kappa shape index (κ2) is 6.57. The van der Waals surface area contributed by atoms with Crippen molar-refractivity contribution in [1.29, 1.82) is 0 Å². The number of rotatable bonds is 6. The fourth-order valence-electron chi connectivity index (χ4n) is 1.89. The molecule has 0 aromatic heterocycles. The first-order valence-corrected chi connectivity index (χ1v) is 6.47. The number of unbranched alkanes of at least 4 members (excludes halogenated alkanes) is 2. The van der Waals surface area contributed by atoms with Crippen molar-refractivity contribution in [3.8, 4) is 0 Å². The van der Waals surface area contributed by atoms with Crippen molar-refractivity contribution in [1.82, 2.24) is 0 Å². The van der Waals surface area contributed by atoms with E-state index in [1.807, 2.05) is 0 Å². The summed E-state index contributed by atoms with van der Waals surface area (Å²) in [4.78, 5) is 0. The third-order valence-electron chi connectivity index (χ3n) is 3.16. The maximum Gasteiger partial charge on any atom is 0.0345 e. The molecule has 0 aliphatic carbocycles. The van der Waals surface area contributed by atoms with E-state index in [4.69, 9.17) is 0 Å². The van der Waals surface area contributed by atoms with Crippen LogP contribution in [0, 0.1) is 13.8 Å². The van der Waals surface area contributed by atoms with Crippen molar-refractivity contribution < 1.29 is 0 Å². The van der Waals surface area contributed by atoms with Crippen LogP contribution in [-0.2, 0) is 0 Å². The lowest BCUT2D eigenvalue weighted by Crippen LogP contribution is -2.14. The largest absolute Gasteiger partial charge is 0.383 e. The normalized spacial score (nSPS) is 12.5. The molecule has 0 aliphatic rings. The Hall–Kier alpha value is -0.980. The van der Waals surface area contributed by atoms with Crippen LogP contribution in [0.5, 0.6) is 0 Å². The first kappa shape index (κ1) is 13.1. The van der Waals surface area contributed by atoms with E-state index >= 15 is 0 Å². The first-order chi connectivity index (χ1) is 7.63. The van der Waals surface area contributed by atoms with Crippen molar-refractivity contribution in [2.24, 2.45) is 0 Å². The van der Waals surface area contributed by atoms with Gasteiger partial charge in [0.05, 0.1) is 0 Å². The zero-order valence-electron chi connectivity index (χ0n) is 11.1. The SMILES string of the molecule is CCCCCC(C)Nc1ccc(C)c(C)c1. The lowest BCUT2D eigenvalue weighted by atomic mass is 10.1. The van der Waals surface area contributed by atoms with Crippen LogP contribution in [0.4, 0.5) is 5.69 Å². The summed E-state index contributed by atoms with van der Waals surface area (Å²) < 4.78 is 0. The summed E-state index contributed by atoms with van der Waals surface area (Å²) in [6.45, 7) is 8.85. The molecule has 1 aromatic rings. The lowest BCUT2D eigenvalue weighted by molar-refractivity contribution is 0.615. The number of anilines is 1. The molecule has 90 valence electrons. The number of benzene rings is 1. The Kier molecular flexibility index (Phi) is 5.37. The average molecular weight is 219 g/mol. The monoisotopic (exact) mass is 219 g/mol. The van der Waals surface area contributed by atoms with Crippen molar-refractivity contribution in [2.45, 2.75) is 59.4 Å². The van der Waals surface area contributed by atoms with Crippen LogP contribution in [0.3, 0.4) is 0 Å². The maximum absolute atomic E-state index is 3.57. The number of aryl methyl sites for hydroxylation is 2. The van der Waals surface area contributed by atoms with E-state index in [0.29, 0.717) is 6.04 Å². The molecular formula is C15H25N. The predicted octanol–water partition coefficient (Wildman–Crippen LogP) is 4.68. The zero-order valence-corrected chi connectivity index (χ0v) is 11.1. The van der Waals surface area contributed by atoms with Crippen LogP contribution < -0.4 is 5.32 Å². The number of nitrogens with one attached hydrogen (secondary N) is 1. The van der Waals surface area contributed by atoms with Gasteiger partial charge in [-0.05, 0) is 50.5 Å². The summed E-state index contributed by atoms with van der Waals surface area (Å²) in [5.41, 5.74) is 3.99. The molecule has 16 heavy (non-hydrogen) atoms. The predicted molar refractivity (Wildman–Crippen MR) is 73.1 cm³/mol. The summed E-state index contributed by atoms with van der Waals surface area (Å²) in [6, 6.07) is 7.19. The van der Waals surface area contributed by atoms with Gasteiger partial charge < -0.3 is 5.32 Å². The third kappa shape index (κ3) is 4.26. The maximum atomic E-state index is 3.57. The molecule has 0 aliphatic heterocycles. The molecule has 0 heterocycles. The fourth-order valence-corrected chi connectivity index (χ4v) is 1.89. The van der Waals surface area contributed by atoms with Crippen LogP contribution in [0.15, 0.2) is 18.2 Å². The standard InChI is InChI=1S/C15H25N/c1-5-6-7-8-14(4)16-15-10-9-12(2)13(3)11-15/h9-11,14,16H,5-8H2,1-4H3. The van der Waals surface area contributed by atoms with Crippen molar-refractivity contribution >= 4 is 5.69 Å². The molecule has 1 N–H and O–H groups in total. The fraction of sp³-hybridized carbons (Fsp3) is 0.600. The molecule has 0 radical (unpaired) electrons. The lowest BCUT2D eigenvalue weighted by Gasteiger charge is -2.16.